The molecule has 1 heterocycles. The average Bonchev–Trinajstić information content (AvgIpc) is 2.65. The Bertz CT molecular complexity index is 642. The van der Waals surface area contributed by atoms with E-state index in [-0.39, 0.29) is 5.41 Å². The van der Waals surface area contributed by atoms with Crippen molar-refractivity contribution in [3.63, 3.8) is 0 Å². The van der Waals surface area contributed by atoms with Crippen LogP contribution in [0.15, 0.2) is 60.7 Å². The van der Waals surface area contributed by atoms with Crippen molar-refractivity contribution in [3.05, 3.63) is 71.8 Å². The Hall–Kier alpha value is -2.13. The van der Waals surface area contributed by atoms with Crippen LogP contribution in [0, 0.1) is 0 Å². The molecule has 132 valence electrons. The summed E-state index contributed by atoms with van der Waals surface area (Å²) in [4.78, 5) is 16.8. The molecule has 0 saturated carbocycles. The highest BCUT2D eigenvalue weighted by Crippen LogP contribution is 2.40. The van der Waals surface area contributed by atoms with Gasteiger partial charge in [0.25, 0.3) is 0 Å². The van der Waals surface area contributed by atoms with Crippen molar-refractivity contribution in [3.8, 4) is 0 Å². The van der Waals surface area contributed by atoms with Gasteiger partial charge in [0, 0.05) is 24.9 Å². The number of hydrogen-bond acceptors (Lipinski definition) is 2. The van der Waals surface area contributed by atoms with Crippen LogP contribution in [0.1, 0.15) is 30.4 Å². The van der Waals surface area contributed by atoms with Gasteiger partial charge in [0.05, 0.1) is 0 Å². The number of carbonyl (C=O) groups excluding carboxylic acids is 1. The summed E-state index contributed by atoms with van der Waals surface area (Å²) in [6.07, 6.45) is 2.51. The Labute approximate surface area is 151 Å². The molecule has 2 aromatic rings. The number of nitrogens with zero attached hydrogens (tertiary/aromatic N) is 2. The van der Waals surface area contributed by atoms with Gasteiger partial charge in [-0.3, -0.25) is 4.79 Å². The predicted octanol–water partition coefficient (Wildman–Crippen LogP) is 3.55. The fourth-order valence-electron chi connectivity index (χ4n) is 3.91. The molecule has 0 unspecified atom stereocenters. The summed E-state index contributed by atoms with van der Waals surface area (Å²) in [7, 11) is 4.16. The average molecular weight is 336 g/mol. The van der Waals surface area contributed by atoms with Crippen molar-refractivity contribution in [2.45, 2.75) is 24.7 Å². The molecule has 1 amide bonds. The van der Waals surface area contributed by atoms with Crippen LogP contribution in [0.5, 0.6) is 0 Å². The Balaban J connectivity index is 1.91. The van der Waals surface area contributed by atoms with E-state index in [4.69, 9.17) is 0 Å². The van der Waals surface area contributed by atoms with E-state index in [1.165, 1.54) is 11.1 Å². The Kier molecular flexibility index (Phi) is 5.54. The minimum absolute atomic E-state index is 0.103. The SMILES string of the molecule is CN(C)CCCN1CC(c2ccccc2)(c2ccccc2)CCC1=O. The zero-order valence-corrected chi connectivity index (χ0v) is 15.3. The predicted molar refractivity (Wildman–Crippen MR) is 103 cm³/mol. The molecule has 0 aliphatic carbocycles. The molecule has 1 aliphatic heterocycles. The fourth-order valence-corrected chi connectivity index (χ4v) is 3.91. The molecular formula is C22H28N2O. The molecule has 0 aromatic heterocycles. The molecule has 0 radical (unpaired) electrons. The van der Waals surface area contributed by atoms with Crippen LogP contribution in [0.25, 0.3) is 0 Å². The highest BCUT2D eigenvalue weighted by molar-refractivity contribution is 5.78. The maximum absolute atomic E-state index is 12.5. The number of amides is 1. The number of piperidine rings is 1. The maximum Gasteiger partial charge on any atom is 0.222 e. The third-order valence-electron chi connectivity index (χ3n) is 5.27. The molecule has 0 spiro atoms. The van der Waals surface area contributed by atoms with Crippen LogP contribution in [-0.2, 0) is 10.2 Å². The number of benzene rings is 2. The van der Waals surface area contributed by atoms with Crippen molar-refractivity contribution in [1.82, 2.24) is 9.80 Å². The molecular weight excluding hydrogens is 308 g/mol. The van der Waals surface area contributed by atoms with E-state index in [0.29, 0.717) is 12.3 Å². The van der Waals surface area contributed by atoms with Crippen LogP contribution in [0.4, 0.5) is 0 Å². The van der Waals surface area contributed by atoms with Crippen molar-refractivity contribution in [2.75, 3.05) is 33.7 Å². The molecule has 3 nitrogen and oxygen atoms in total. The van der Waals surface area contributed by atoms with E-state index < -0.39 is 0 Å². The normalized spacial score (nSPS) is 17.1. The van der Waals surface area contributed by atoms with Crippen molar-refractivity contribution in [1.29, 1.82) is 0 Å². The third-order valence-corrected chi connectivity index (χ3v) is 5.27. The van der Waals surface area contributed by atoms with E-state index in [1.54, 1.807) is 0 Å². The van der Waals surface area contributed by atoms with Gasteiger partial charge in [0.1, 0.15) is 0 Å². The molecule has 3 rings (SSSR count). The Morgan fingerprint density at radius 3 is 2.04 bits per heavy atom. The Morgan fingerprint density at radius 2 is 1.52 bits per heavy atom. The molecule has 0 N–H and O–H groups in total. The highest BCUT2D eigenvalue weighted by atomic mass is 16.2. The minimum atomic E-state index is -0.103. The molecule has 2 aromatic carbocycles. The first-order chi connectivity index (χ1) is 12.1. The second-order valence-corrected chi connectivity index (χ2v) is 7.29. The minimum Gasteiger partial charge on any atom is -0.341 e. The molecule has 3 heteroatoms. The van der Waals surface area contributed by atoms with E-state index in [1.807, 2.05) is 0 Å². The van der Waals surface area contributed by atoms with Crippen molar-refractivity contribution < 1.29 is 4.79 Å². The smallest absolute Gasteiger partial charge is 0.222 e. The third kappa shape index (κ3) is 3.93. The van der Waals surface area contributed by atoms with E-state index in [9.17, 15) is 4.79 Å². The summed E-state index contributed by atoms with van der Waals surface area (Å²) >= 11 is 0. The van der Waals surface area contributed by atoms with Crippen LogP contribution >= 0.6 is 0 Å². The highest BCUT2D eigenvalue weighted by Gasteiger charge is 2.41. The maximum atomic E-state index is 12.5. The number of rotatable bonds is 6. The monoisotopic (exact) mass is 336 g/mol. The number of likely N-dealkylation sites (tertiary alicyclic amines) is 1. The topological polar surface area (TPSA) is 23.6 Å². The lowest BCUT2D eigenvalue weighted by Crippen LogP contribution is -2.50. The molecule has 25 heavy (non-hydrogen) atoms. The summed E-state index contributed by atoms with van der Waals surface area (Å²) in [5.74, 6) is 0.293. The second-order valence-electron chi connectivity index (χ2n) is 7.29. The van der Waals surface area contributed by atoms with Crippen molar-refractivity contribution >= 4 is 5.91 Å². The lowest BCUT2D eigenvalue weighted by atomic mass is 9.69. The van der Waals surface area contributed by atoms with Crippen LogP contribution in [0.3, 0.4) is 0 Å². The summed E-state index contributed by atoms with van der Waals surface area (Å²) < 4.78 is 0. The molecule has 1 saturated heterocycles. The van der Waals surface area contributed by atoms with Crippen molar-refractivity contribution in [2.24, 2.45) is 0 Å². The summed E-state index contributed by atoms with van der Waals surface area (Å²) in [6, 6.07) is 21.4. The van der Waals surface area contributed by atoms with Gasteiger partial charge in [-0.2, -0.15) is 0 Å². The zero-order chi connectivity index (χ0) is 17.7. The first-order valence-corrected chi connectivity index (χ1v) is 9.15. The number of carbonyl (C=O) groups is 1. The zero-order valence-electron chi connectivity index (χ0n) is 15.3. The lowest BCUT2D eigenvalue weighted by Gasteiger charge is -2.44. The standard InChI is InChI=1S/C22H28N2O/c1-23(2)16-9-17-24-18-22(15-14-21(24)25,19-10-5-3-6-11-19)20-12-7-4-8-13-20/h3-8,10-13H,9,14-18H2,1-2H3. The van der Waals surface area contributed by atoms with Gasteiger partial charge in [-0.25, -0.2) is 0 Å². The molecule has 0 atom stereocenters. The van der Waals surface area contributed by atoms with Crippen LogP contribution in [0.2, 0.25) is 0 Å². The summed E-state index contributed by atoms with van der Waals surface area (Å²) in [5.41, 5.74) is 2.52. The van der Waals surface area contributed by atoms with Gasteiger partial charge in [0.15, 0.2) is 0 Å². The molecule has 1 fully saturated rings. The van der Waals surface area contributed by atoms with Crippen LogP contribution < -0.4 is 0 Å². The van der Waals surface area contributed by atoms with E-state index >= 15 is 0 Å². The van der Waals surface area contributed by atoms with Gasteiger partial charge in [-0.05, 0) is 44.6 Å². The first kappa shape index (κ1) is 17.7. The lowest BCUT2D eigenvalue weighted by molar-refractivity contribution is -0.135. The van der Waals surface area contributed by atoms with Gasteiger partial charge >= 0.3 is 0 Å². The van der Waals surface area contributed by atoms with E-state index in [2.05, 4.69) is 84.6 Å². The van der Waals surface area contributed by atoms with Gasteiger partial charge in [0.2, 0.25) is 5.91 Å². The van der Waals surface area contributed by atoms with Gasteiger partial charge in [-0.15, -0.1) is 0 Å². The van der Waals surface area contributed by atoms with E-state index in [0.717, 1.165) is 32.5 Å². The molecule has 0 bridgehead atoms. The van der Waals surface area contributed by atoms with Gasteiger partial charge < -0.3 is 9.80 Å². The second kappa shape index (κ2) is 7.83. The summed E-state index contributed by atoms with van der Waals surface area (Å²) in [5, 5.41) is 0. The van der Waals surface area contributed by atoms with Crippen LogP contribution in [-0.4, -0.2) is 49.4 Å². The van der Waals surface area contributed by atoms with Gasteiger partial charge in [-0.1, -0.05) is 60.7 Å². The molecule has 1 aliphatic rings. The summed E-state index contributed by atoms with van der Waals surface area (Å²) in [6.45, 7) is 2.61. The largest absolute Gasteiger partial charge is 0.341 e. The number of hydrogen-bond donors (Lipinski definition) is 0. The Morgan fingerprint density at radius 1 is 0.960 bits per heavy atom. The first-order valence-electron chi connectivity index (χ1n) is 9.15. The fraction of sp³-hybridized carbons (Fsp3) is 0.409. The quantitative estimate of drug-likeness (QED) is 0.805.